The molecule has 5 rings (SSSR count). The number of nitrogens with zero attached hydrogens (tertiary/aromatic N) is 4. The zero-order valence-corrected chi connectivity index (χ0v) is 24.6. The molecule has 1 fully saturated rings. The molecule has 1 saturated heterocycles. The smallest absolute Gasteiger partial charge is 0.408 e. The van der Waals surface area contributed by atoms with E-state index >= 15 is 0 Å². The summed E-state index contributed by atoms with van der Waals surface area (Å²) in [5.74, 6) is 1.34. The van der Waals surface area contributed by atoms with Crippen molar-refractivity contribution in [3.8, 4) is 0 Å². The number of carbonyl (C=O) groups excluding carboxylic acids is 1. The molecule has 0 radical (unpaired) electrons. The van der Waals surface area contributed by atoms with Gasteiger partial charge in [-0.3, -0.25) is 0 Å². The molecular weight excluding hydrogens is 558 g/mol. The molecule has 1 aliphatic heterocycles. The van der Waals surface area contributed by atoms with Gasteiger partial charge in [0.25, 0.3) is 0 Å². The Morgan fingerprint density at radius 1 is 0.932 bits per heavy atom. The van der Waals surface area contributed by atoms with Gasteiger partial charge < -0.3 is 30.7 Å². The Hall–Kier alpha value is -5.19. The maximum atomic E-state index is 12.2. The molecule has 2 aromatic heterocycles. The molecule has 11 heteroatoms. The molecule has 228 valence electrons. The topological polar surface area (TPSA) is 142 Å². The third kappa shape index (κ3) is 8.21. The molecule has 1 unspecified atom stereocenters. The third-order valence-corrected chi connectivity index (χ3v) is 7.63. The highest BCUT2D eigenvalue weighted by atomic mass is 16.5. The van der Waals surface area contributed by atoms with E-state index in [1.165, 1.54) is 11.9 Å². The highest BCUT2D eigenvalue weighted by Gasteiger charge is 2.25. The van der Waals surface area contributed by atoms with Gasteiger partial charge in [0.15, 0.2) is 0 Å². The minimum absolute atomic E-state index is 0.0458. The maximum Gasteiger partial charge on any atom is 0.408 e. The number of carbonyl (C=O) groups is 2. The summed E-state index contributed by atoms with van der Waals surface area (Å²) in [6.45, 7) is 4.21. The Balaban J connectivity index is 1.13. The predicted molar refractivity (Wildman–Crippen MR) is 169 cm³/mol. The zero-order valence-electron chi connectivity index (χ0n) is 24.6. The van der Waals surface area contributed by atoms with E-state index in [0.717, 1.165) is 60.9 Å². The van der Waals surface area contributed by atoms with Crippen LogP contribution in [-0.2, 0) is 22.7 Å². The lowest BCUT2D eigenvalue weighted by molar-refractivity contribution is -0.139. The van der Waals surface area contributed by atoms with Crippen LogP contribution in [0.2, 0.25) is 0 Å². The predicted octanol–water partition coefficient (Wildman–Crippen LogP) is 4.97. The van der Waals surface area contributed by atoms with E-state index in [-0.39, 0.29) is 13.2 Å². The molecule has 2 aromatic carbocycles. The Morgan fingerprint density at radius 3 is 2.34 bits per heavy atom. The minimum atomic E-state index is -1.21. The van der Waals surface area contributed by atoms with Crippen LogP contribution in [0.15, 0.2) is 85.2 Å². The van der Waals surface area contributed by atoms with Crippen molar-refractivity contribution in [2.45, 2.75) is 44.9 Å². The monoisotopic (exact) mass is 595 g/mol. The van der Waals surface area contributed by atoms with Crippen LogP contribution in [0.4, 0.5) is 22.2 Å². The van der Waals surface area contributed by atoms with Gasteiger partial charge >= 0.3 is 12.1 Å². The molecule has 4 aromatic rings. The summed E-state index contributed by atoms with van der Waals surface area (Å²) in [6, 6.07) is 24.4. The fraction of sp³-hybridized carbons (Fsp3) is 0.303. The first-order valence-electron chi connectivity index (χ1n) is 14.7. The van der Waals surface area contributed by atoms with Crippen LogP contribution in [-0.4, -0.2) is 57.8 Å². The molecule has 11 nitrogen and oxygen atoms in total. The number of hydrogen-bond donors (Lipinski definition) is 4. The van der Waals surface area contributed by atoms with Gasteiger partial charge in [0.05, 0.1) is 0 Å². The molecule has 1 aliphatic rings. The van der Waals surface area contributed by atoms with Gasteiger partial charge in [-0.2, -0.15) is 0 Å². The number of anilines is 3. The summed E-state index contributed by atoms with van der Waals surface area (Å²) in [7, 11) is 0. The van der Waals surface area contributed by atoms with E-state index in [9.17, 15) is 14.7 Å². The molecule has 44 heavy (non-hydrogen) atoms. The SMILES string of the molecule is Cc1c(NCC(NC(=O)OCc2ccccc2)C(=O)O)ncnc1N1CCC(c2cccc(NCc3ccccc3)n2)CC1. The Morgan fingerprint density at radius 2 is 1.64 bits per heavy atom. The third-order valence-electron chi connectivity index (χ3n) is 7.63. The summed E-state index contributed by atoms with van der Waals surface area (Å²) >= 11 is 0. The minimum Gasteiger partial charge on any atom is -0.480 e. The molecule has 3 heterocycles. The number of hydrogen-bond acceptors (Lipinski definition) is 9. The van der Waals surface area contributed by atoms with Gasteiger partial charge in [0.2, 0.25) is 0 Å². The molecule has 0 bridgehead atoms. The lowest BCUT2D eigenvalue weighted by Gasteiger charge is -2.33. The van der Waals surface area contributed by atoms with Crippen LogP contribution in [0.3, 0.4) is 0 Å². The summed E-state index contributed by atoms with van der Waals surface area (Å²) in [5.41, 5.74) is 3.91. The zero-order chi connectivity index (χ0) is 30.7. The second-order valence-electron chi connectivity index (χ2n) is 10.7. The molecular formula is C33H37N7O4. The summed E-state index contributed by atoms with van der Waals surface area (Å²) in [6.07, 6.45) is 2.52. The van der Waals surface area contributed by atoms with Gasteiger partial charge in [-0.15, -0.1) is 0 Å². The number of rotatable bonds is 12. The van der Waals surface area contributed by atoms with Crippen molar-refractivity contribution in [2.75, 3.05) is 35.2 Å². The number of ether oxygens (including phenoxy) is 1. The summed E-state index contributed by atoms with van der Waals surface area (Å²) in [5, 5.41) is 18.6. The maximum absolute atomic E-state index is 12.2. The summed E-state index contributed by atoms with van der Waals surface area (Å²) in [4.78, 5) is 40.1. The number of aliphatic carboxylic acids is 1. The van der Waals surface area contributed by atoms with Gasteiger partial charge in [0.1, 0.15) is 36.4 Å². The lowest BCUT2D eigenvalue weighted by atomic mass is 9.93. The fourth-order valence-corrected chi connectivity index (χ4v) is 5.20. The van der Waals surface area contributed by atoms with E-state index in [2.05, 4.69) is 55.1 Å². The first-order valence-corrected chi connectivity index (χ1v) is 14.7. The second-order valence-corrected chi connectivity index (χ2v) is 10.7. The lowest BCUT2D eigenvalue weighted by Crippen LogP contribution is -2.45. The number of amides is 1. The fourth-order valence-electron chi connectivity index (χ4n) is 5.20. The van der Waals surface area contributed by atoms with Crippen molar-refractivity contribution >= 4 is 29.5 Å². The number of nitrogens with one attached hydrogen (secondary N) is 3. The van der Waals surface area contributed by atoms with Crippen molar-refractivity contribution in [3.63, 3.8) is 0 Å². The molecule has 1 atom stereocenters. The van der Waals surface area contributed by atoms with Gasteiger partial charge in [-0.1, -0.05) is 66.7 Å². The van der Waals surface area contributed by atoms with Crippen LogP contribution in [0.25, 0.3) is 0 Å². The Kier molecular flexibility index (Phi) is 10.2. The van der Waals surface area contributed by atoms with Crippen molar-refractivity contribution in [1.29, 1.82) is 0 Å². The van der Waals surface area contributed by atoms with Gasteiger partial charge in [-0.25, -0.2) is 24.5 Å². The van der Waals surface area contributed by atoms with Crippen LogP contribution in [0, 0.1) is 6.92 Å². The van der Waals surface area contributed by atoms with E-state index in [0.29, 0.717) is 11.7 Å². The average Bonchev–Trinajstić information content (AvgIpc) is 3.06. The van der Waals surface area contributed by atoms with Crippen molar-refractivity contribution in [3.05, 3.63) is 108 Å². The standard InChI is InChI=1S/C33H37N7O4/c1-23-30(35-20-28(32(41)42)39-33(43)44-21-25-11-6-3-7-12-25)36-22-37-31(23)40-17-15-26(16-18-40)27-13-8-14-29(38-27)34-19-24-9-4-2-5-10-24/h2-14,22,26,28H,15-21H2,1H3,(H,34,38)(H,39,43)(H,41,42)(H,35,36,37). The van der Waals surface area contributed by atoms with Crippen molar-refractivity contribution < 1.29 is 19.4 Å². The van der Waals surface area contributed by atoms with Crippen LogP contribution in [0.1, 0.15) is 41.1 Å². The van der Waals surface area contributed by atoms with Gasteiger partial charge in [0, 0.05) is 43.4 Å². The molecule has 4 N–H and O–H groups in total. The normalized spacial score (nSPS) is 14.0. The molecule has 0 saturated carbocycles. The average molecular weight is 596 g/mol. The number of benzene rings is 2. The Bertz CT molecular complexity index is 1530. The second kappa shape index (κ2) is 14.8. The number of pyridine rings is 1. The summed E-state index contributed by atoms with van der Waals surface area (Å²) < 4.78 is 5.18. The van der Waals surface area contributed by atoms with E-state index in [1.807, 2.05) is 61.5 Å². The highest BCUT2D eigenvalue weighted by Crippen LogP contribution is 2.31. The first kappa shape index (κ1) is 30.3. The van der Waals surface area contributed by atoms with Crippen molar-refractivity contribution in [1.82, 2.24) is 20.3 Å². The quantitative estimate of drug-likeness (QED) is 0.177. The largest absolute Gasteiger partial charge is 0.480 e. The first-order chi connectivity index (χ1) is 21.5. The molecule has 0 spiro atoms. The van der Waals surface area contributed by atoms with Crippen molar-refractivity contribution in [2.24, 2.45) is 0 Å². The molecule has 0 aliphatic carbocycles. The Labute approximate surface area is 256 Å². The highest BCUT2D eigenvalue weighted by molar-refractivity contribution is 5.80. The van der Waals surface area contributed by atoms with Crippen LogP contribution >= 0.6 is 0 Å². The molecule has 1 amide bonds. The number of alkyl carbamates (subject to hydrolysis) is 1. The van der Waals surface area contributed by atoms with E-state index in [4.69, 9.17) is 9.72 Å². The van der Waals surface area contributed by atoms with Crippen LogP contribution < -0.4 is 20.9 Å². The van der Waals surface area contributed by atoms with Crippen LogP contribution in [0.5, 0.6) is 0 Å². The number of piperidine rings is 1. The number of aromatic nitrogens is 3. The number of carboxylic acids is 1. The number of carboxylic acid groups (broad SMARTS) is 1. The van der Waals surface area contributed by atoms with E-state index < -0.39 is 18.1 Å². The van der Waals surface area contributed by atoms with Gasteiger partial charge in [-0.05, 0) is 43.0 Å². The van der Waals surface area contributed by atoms with E-state index in [1.54, 1.807) is 0 Å².